The summed E-state index contributed by atoms with van der Waals surface area (Å²) in [5.41, 5.74) is 1.12. The van der Waals surface area contributed by atoms with Crippen LogP contribution in [0.2, 0.25) is 0 Å². The molecule has 0 radical (unpaired) electrons. The van der Waals surface area contributed by atoms with E-state index < -0.39 is 0 Å². The van der Waals surface area contributed by atoms with Crippen molar-refractivity contribution < 1.29 is 4.74 Å². The Morgan fingerprint density at radius 1 is 1.26 bits per heavy atom. The Bertz CT molecular complexity index is 506. The van der Waals surface area contributed by atoms with Crippen molar-refractivity contribution >= 4 is 0 Å². The molecule has 0 fully saturated rings. The number of hydrogen-bond donors (Lipinski definition) is 1. The van der Waals surface area contributed by atoms with Crippen molar-refractivity contribution in [1.82, 2.24) is 25.5 Å². The maximum Gasteiger partial charge on any atom is 0.188 e. The van der Waals surface area contributed by atoms with Gasteiger partial charge in [-0.15, -0.1) is 10.2 Å². The second kappa shape index (κ2) is 6.29. The zero-order valence-electron chi connectivity index (χ0n) is 11.5. The topological polar surface area (TPSA) is 64.9 Å². The van der Waals surface area contributed by atoms with Gasteiger partial charge in [0.2, 0.25) is 0 Å². The second-order valence-corrected chi connectivity index (χ2v) is 4.58. The smallest absolute Gasteiger partial charge is 0.188 e. The molecule has 19 heavy (non-hydrogen) atoms. The van der Waals surface area contributed by atoms with Crippen molar-refractivity contribution in [2.24, 2.45) is 0 Å². The molecule has 0 amide bonds. The molecule has 1 N–H and O–H groups in total. The Morgan fingerprint density at radius 3 is 2.63 bits per heavy atom. The molecule has 1 heterocycles. The summed E-state index contributed by atoms with van der Waals surface area (Å²) in [4.78, 5) is 1.59. The van der Waals surface area contributed by atoms with E-state index in [0.717, 1.165) is 11.3 Å². The highest BCUT2D eigenvalue weighted by atomic mass is 16.5. The summed E-state index contributed by atoms with van der Waals surface area (Å²) < 4.78 is 5.60. The number of tetrazole rings is 1. The van der Waals surface area contributed by atoms with Gasteiger partial charge in [-0.2, -0.15) is 4.80 Å². The first-order valence-corrected chi connectivity index (χ1v) is 6.34. The normalized spacial score (nSPS) is 10.9. The molecule has 2 rings (SSSR count). The summed E-state index contributed by atoms with van der Waals surface area (Å²) >= 11 is 0. The molecule has 0 saturated heterocycles. The maximum atomic E-state index is 5.60. The Hall–Kier alpha value is -1.95. The highest BCUT2D eigenvalue weighted by Crippen LogP contribution is 2.14. The third-order valence-corrected chi connectivity index (χ3v) is 2.45. The first-order valence-electron chi connectivity index (χ1n) is 6.34. The van der Waals surface area contributed by atoms with E-state index in [4.69, 9.17) is 4.74 Å². The fraction of sp³-hybridized carbons (Fsp3) is 0.462. The largest absolute Gasteiger partial charge is 0.491 e. The van der Waals surface area contributed by atoms with Crippen LogP contribution >= 0.6 is 0 Å². The highest BCUT2D eigenvalue weighted by Gasteiger charge is 2.03. The summed E-state index contributed by atoms with van der Waals surface area (Å²) in [6.07, 6.45) is 0.187. The van der Waals surface area contributed by atoms with Gasteiger partial charge in [0.15, 0.2) is 5.82 Å². The van der Waals surface area contributed by atoms with E-state index in [-0.39, 0.29) is 6.10 Å². The van der Waals surface area contributed by atoms with Crippen molar-refractivity contribution in [2.45, 2.75) is 33.0 Å². The lowest BCUT2D eigenvalue weighted by Gasteiger charge is -2.09. The predicted octanol–water partition coefficient (Wildman–Crippen LogP) is 1.23. The predicted molar refractivity (Wildman–Crippen MR) is 71.9 cm³/mol. The van der Waals surface area contributed by atoms with Gasteiger partial charge >= 0.3 is 0 Å². The number of nitrogens with one attached hydrogen (secondary N) is 1. The molecule has 0 spiro atoms. The number of aromatic nitrogens is 4. The molecule has 0 aliphatic heterocycles. The fourth-order valence-electron chi connectivity index (χ4n) is 1.68. The van der Waals surface area contributed by atoms with E-state index in [9.17, 15) is 0 Å². The van der Waals surface area contributed by atoms with E-state index in [1.165, 1.54) is 0 Å². The molecule has 1 aromatic carbocycles. The molecule has 102 valence electrons. The zero-order valence-corrected chi connectivity index (χ0v) is 11.5. The van der Waals surface area contributed by atoms with Gasteiger partial charge < -0.3 is 10.1 Å². The van der Waals surface area contributed by atoms with Crippen molar-refractivity contribution in [1.29, 1.82) is 0 Å². The van der Waals surface area contributed by atoms with Crippen LogP contribution in [-0.2, 0) is 13.1 Å². The lowest BCUT2D eigenvalue weighted by Crippen LogP contribution is -2.08. The van der Waals surface area contributed by atoms with Gasteiger partial charge in [-0.3, -0.25) is 0 Å². The molecule has 0 aliphatic carbocycles. The summed E-state index contributed by atoms with van der Waals surface area (Å²) in [7, 11) is 1.86. The van der Waals surface area contributed by atoms with E-state index in [2.05, 4.69) is 20.7 Å². The third-order valence-electron chi connectivity index (χ3n) is 2.45. The summed E-state index contributed by atoms with van der Waals surface area (Å²) in [5.74, 6) is 1.57. The zero-order chi connectivity index (χ0) is 13.7. The lowest BCUT2D eigenvalue weighted by molar-refractivity contribution is 0.242. The number of nitrogens with zero attached hydrogens (tertiary/aromatic N) is 4. The lowest BCUT2D eigenvalue weighted by atomic mass is 10.2. The van der Waals surface area contributed by atoms with Crippen molar-refractivity contribution in [3.8, 4) is 5.75 Å². The number of ether oxygens (including phenoxy) is 1. The fourth-order valence-corrected chi connectivity index (χ4v) is 1.68. The summed E-state index contributed by atoms with van der Waals surface area (Å²) in [5, 5.41) is 15.2. The van der Waals surface area contributed by atoms with Crippen molar-refractivity contribution in [3.05, 3.63) is 35.7 Å². The molecule has 6 heteroatoms. The number of rotatable bonds is 6. The molecule has 1 aromatic heterocycles. The molecule has 0 bridgehead atoms. The molecule has 0 aliphatic rings. The van der Waals surface area contributed by atoms with Crippen LogP contribution in [-0.4, -0.2) is 33.4 Å². The van der Waals surface area contributed by atoms with Gasteiger partial charge in [-0.1, -0.05) is 12.1 Å². The molecular weight excluding hydrogens is 242 g/mol. The minimum Gasteiger partial charge on any atom is -0.491 e. The number of benzene rings is 1. The summed E-state index contributed by atoms with van der Waals surface area (Å²) in [6, 6.07) is 7.94. The molecule has 6 nitrogen and oxygen atoms in total. The van der Waals surface area contributed by atoms with Gasteiger partial charge in [0.05, 0.1) is 19.2 Å². The van der Waals surface area contributed by atoms with Crippen LogP contribution in [0.5, 0.6) is 5.75 Å². The van der Waals surface area contributed by atoms with Gasteiger partial charge in [-0.05, 0) is 43.8 Å². The standard InChI is InChI=1S/C13H19N5O/c1-10(2)19-12-6-4-11(5-7-12)9-18-16-13(8-14-3)15-17-18/h4-7,10,14H,8-9H2,1-3H3. The van der Waals surface area contributed by atoms with Crippen LogP contribution in [0.3, 0.4) is 0 Å². The average molecular weight is 261 g/mol. The minimum atomic E-state index is 0.187. The van der Waals surface area contributed by atoms with Crippen LogP contribution in [0, 0.1) is 0 Å². The van der Waals surface area contributed by atoms with Crippen LogP contribution in [0.4, 0.5) is 0 Å². The Balaban J connectivity index is 1.98. The van der Waals surface area contributed by atoms with Crippen LogP contribution in [0.15, 0.2) is 24.3 Å². The Morgan fingerprint density at radius 2 is 2.00 bits per heavy atom. The van der Waals surface area contributed by atoms with Crippen LogP contribution in [0.1, 0.15) is 25.2 Å². The Labute approximate surface area is 112 Å². The third kappa shape index (κ3) is 4.03. The van der Waals surface area contributed by atoms with Crippen LogP contribution in [0.25, 0.3) is 0 Å². The van der Waals surface area contributed by atoms with Crippen molar-refractivity contribution in [2.75, 3.05) is 7.05 Å². The molecule has 0 unspecified atom stereocenters. The maximum absolute atomic E-state index is 5.60. The molecule has 2 aromatic rings. The monoisotopic (exact) mass is 261 g/mol. The van der Waals surface area contributed by atoms with E-state index >= 15 is 0 Å². The first kappa shape index (κ1) is 13.5. The SMILES string of the molecule is CNCc1nnn(Cc2ccc(OC(C)C)cc2)n1. The molecule has 0 atom stereocenters. The Kier molecular flexibility index (Phi) is 4.46. The van der Waals surface area contributed by atoms with Gasteiger partial charge in [-0.25, -0.2) is 0 Å². The molecular formula is C13H19N5O. The van der Waals surface area contributed by atoms with Crippen molar-refractivity contribution in [3.63, 3.8) is 0 Å². The van der Waals surface area contributed by atoms with E-state index in [0.29, 0.717) is 18.9 Å². The van der Waals surface area contributed by atoms with Gasteiger partial charge in [0, 0.05) is 0 Å². The van der Waals surface area contributed by atoms with E-state index in [1.54, 1.807) is 4.80 Å². The van der Waals surface area contributed by atoms with E-state index in [1.807, 2.05) is 45.2 Å². The van der Waals surface area contributed by atoms with Crippen LogP contribution < -0.4 is 10.1 Å². The average Bonchev–Trinajstić information content (AvgIpc) is 2.79. The summed E-state index contributed by atoms with van der Waals surface area (Å²) in [6.45, 7) is 5.26. The highest BCUT2D eigenvalue weighted by molar-refractivity contribution is 5.27. The minimum absolute atomic E-state index is 0.187. The number of hydrogen-bond acceptors (Lipinski definition) is 5. The molecule has 0 saturated carbocycles. The quantitative estimate of drug-likeness (QED) is 0.847. The van der Waals surface area contributed by atoms with Gasteiger partial charge in [0.25, 0.3) is 0 Å². The second-order valence-electron chi connectivity index (χ2n) is 4.58. The first-order chi connectivity index (χ1) is 9.17. The van der Waals surface area contributed by atoms with Gasteiger partial charge in [0.1, 0.15) is 5.75 Å².